The third kappa shape index (κ3) is 1.75. The van der Waals surface area contributed by atoms with Gasteiger partial charge in [0, 0.05) is 11.8 Å². The molecule has 0 fully saturated rings. The van der Waals surface area contributed by atoms with Crippen LogP contribution in [-0.4, -0.2) is 4.98 Å². The summed E-state index contributed by atoms with van der Waals surface area (Å²) in [6.07, 6.45) is 1.58. The second-order valence-electron chi connectivity index (χ2n) is 2.66. The van der Waals surface area contributed by atoms with Crippen molar-refractivity contribution < 1.29 is 4.39 Å². The molecule has 2 rings (SSSR count). The molecule has 0 unspecified atom stereocenters. The number of pyridine rings is 1. The molecular formula is C10H8FNS. The van der Waals surface area contributed by atoms with E-state index in [1.54, 1.807) is 23.6 Å². The van der Waals surface area contributed by atoms with Crippen LogP contribution in [0.15, 0.2) is 35.8 Å². The Morgan fingerprint density at radius 1 is 1.31 bits per heavy atom. The van der Waals surface area contributed by atoms with E-state index in [1.165, 1.54) is 0 Å². The molecule has 0 atom stereocenters. The summed E-state index contributed by atoms with van der Waals surface area (Å²) < 4.78 is 12.2. The van der Waals surface area contributed by atoms with Gasteiger partial charge < -0.3 is 0 Å². The lowest BCUT2D eigenvalue weighted by Crippen LogP contribution is -1.83. The minimum atomic E-state index is -0.447. The van der Waals surface area contributed by atoms with Gasteiger partial charge in [0.15, 0.2) is 0 Å². The molecule has 0 saturated heterocycles. The van der Waals surface area contributed by atoms with Gasteiger partial charge in [-0.05, 0) is 17.5 Å². The Balaban J connectivity index is 2.33. The number of thiophene rings is 1. The summed E-state index contributed by atoms with van der Waals surface area (Å²) in [5.41, 5.74) is 1.53. The predicted octanol–water partition coefficient (Wildman–Crippen LogP) is 3.28. The number of hydrogen-bond donors (Lipinski definition) is 0. The second kappa shape index (κ2) is 3.66. The van der Waals surface area contributed by atoms with Crippen molar-refractivity contribution in [2.45, 2.75) is 6.67 Å². The first-order valence-corrected chi connectivity index (χ1v) is 4.83. The molecule has 66 valence electrons. The zero-order valence-electron chi connectivity index (χ0n) is 6.90. The van der Waals surface area contributed by atoms with Gasteiger partial charge in [0.05, 0.1) is 10.6 Å². The summed E-state index contributed by atoms with van der Waals surface area (Å²) in [5, 5.41) is 2.00. The maximum atomic E-state index is 12.2. The van der Waals surface area contributed by atoms with Crippen LogP contribution in [0.5, 0.6) is 0 Å². The van der Waals surface area contributed by atoms with Gasteiger partial charge in [0.1, 0.15) is 6.67 Å². The van der Waals surface area contributed by atoms with Crippen LogP contribution in [-0.2, 0) is 6.67 Å². The van der Waals surface area contributed by atoms with Gasteiger partial charge in [-0.3, -0.25) is 4.98 Å². The molecule has 0 aliphatic carbocycles. The van der Waals surface area contributed by atoms with Crippen LogP contribution in [0.25, 0.3) is 10.6 Å². The lowest BCUT2D eigenvalue weighted by atomic mass is 10.2. The fourth-order valence-electron chi connectivity index (χ4n) is 1.07. The summed E-state index contributed by atoms with van der Waals surface area (Å²) in [7, 11) is 0. The first-order valence-electron chi connectivity index (χ1n) is 3.95. The average molecular weight is 193 g/mol. The molecule has 2 aromatic heterocycles. The standard InChI is InChI=1S/C10H8FNS/c11-6-8-3-4-9(12-7-8)10-2-1-5-13-10/h1-5,7H,6H2. The molecule has 0 bridgehead atoms. The Morgan fingerprint density at radius 2 is 2.23 bits per heavy atom. The SMILES string of the molecule is FCc1ccc(-c2cccs2)nc1. The summed E-state index contributed by atoms with van der Waals surface area (Å²) in [5.74, 6) is 0. The van der Waals surface area contributed by atoms with Gasteiger partial charge in [-0.2, -0.15) is 0 Å². The lowest BCUT2D eigenvalue weighted by molar-refractivity contribution is 0.484. The molecule has 0 saturated carbocycles. The Hall–Kier alpha value is -1.22. The van der Waals surface area contributed by atoms with Gasteiger partial charge in [-0.1, -0.05) is 12.1 Å². The van der Waals surface area contributed by atoms with Gasteiger partial charge in [0.25, 0.3) is 0 Å². The van der Waals surface area contributed by atoms with E-state index in [9.17, 15) is 4.39 Å². The third-order valence-electron chi connectivity index (χ3n) is 1.75. The van der Waals surface area contributed by atoms with Crippen molar-refractivity contribution in [1.82, 2.24) is 4.98 Å². The summed E-state index contributed by atoms with van der Waals surface area (Å²) >= 11 is 1.63. The summed E-state index contributed by atoms with van der Waals surface area (Å²) in [4.78, 5) is 5.28. The van der Waals surface area contributed by atoms with Crippen molar-refractivity contribution in [3.8, 4) is 10.6 Å². The minimum Gasteiger partial charge on any atom is -0.255 e. The first kappa shape index (κ1) is 8.38. The van der Waals surface area contributed by atoms with Crippen molar-refractivity contribution in [3.63, 3.8) is 0 Å². The molecule has 0 spiro atoms. The van der Waals surface area contributed by atoms with Crippen molar-refractivity contribution >= 4 is 11.3 Å². The quantitative estimate of drug-likeness (QED) is 0.713. The van der Waals surface area contributed by atoms with Crippen LogP contribution in [0.4, 0.5) is 4.39 Å². The molecule has 3 heteroatoms. The van der Waals surface area contributed by atoms with E-state index in [4.69, 9.17) is 0 Å². The number of alkyl halides is 1. The lowest BCUT2D eigenvalue weighted by Gasteiger charge is -1.96. The smallest absolute Gasteiger partial charge is 0.116 e. The highest BCUT2D eigenvalue weighted by Gasteiger charge is 1.99. The van der Waals surface area contributed by atoms with E-state index < -0.39 is 6.67 Å². The minimum absolute atomic E-state index is 0.447. The van der Waals surface area contributed by atoms with Gasteiger partial charge in [-0.15, -0.1) is 11.3 Å². The van der Waals surface area contributed by atoms with E-state index in [-0.39, 0.29) is 0 Å². The summed E-state index contributed by atoms with van der Waals surface area (Å²) in [6, 6.07) is 7.59. The molecule has 0 N–H and O–H groups in total. The van der Waals surface area contributed by atoms with Crippen LogP contribution in [0.1, 0.15) is 5.56 Å². The van der Waals surface area contributed by atoms with Crippen LogP contribution < -0.4 is 0 Å². The number of halogens is 1. The van der Waals surface area contributed by atoms with E-state index in [0.717, 1.165) is 10.6 Å². The normalized spacial score (nSPS) is 10.2. The van der Waals surface area contributed by atoms with Gasteiger partial charge >= 0.3 is 0 Å². The Bertz CT molecular complexity index is 366. The highest BCUT2D eigenvalue weighted by atomic mass is 32.1. The average Bonchev–Trinajstić information content (AvgIpc) is 2.71. The van der Waals surface area contributed by atoms with Crippen molar-refractivity contribution in [2.75, 3.05) is 0 Å². The van der Waals surface area contributed by atoms with Gasteiger partial charge in [0.2, 0.25) is 0 Å². The van der Waals surface area contributed by atoms with Crippen LogP contribution in [0, 0.1) is 0 Å². The van der Waals surface area contributed by atoms with E-state index in [0.29, 0.717) is 5.56 Å². The second-order valence-corrected chi connectivity index (χ2v) is 3.61. The maximum Gasteiger partial charge on any atom is 0.116 e. The highest BCUT2D eigenvalue weighted by molar-refractivity contribution is 7.13. The molecule has 0 aliphatic heterocycles. The Morgan fingerprint density at radius 3 is 2.77 bits per heavy atom. The summed E-state index contributed by atoms with van der Waals surface area (Å²) in [6.45, 7) is -0.447. The van der Waals surface area contributed by atoms with Crippen molar-refractivity contribution in [2.24, 2.45) is 0 Å². The monoisotopic (exact) mass is 193 g/mol. The fourth-order valence-corrected chi connectivity index (χ4v) is 1.78. The zero-order chi connectivity index (χ0) is 9.10. The number of hydrogen-bond acceptors (Lipinski definition) is 2. The van der Waals surface area contributed by atoms with Crippen LogP contribution in [0.3, 0.4) is 0 Å². The molecule has 2 aromatic rings. The molecule has 0 aliphatic rings. The predicted molar refractivity (Wildman–Crippen MR) is 52.4 cm³/mol. The topological polar surface area (TPSA) is 12.9 Å². The van der Waals surface area contributed by atoms with Crippen molar-refractivity contribution in [1.29, 1.82) is 0 Å². The molecule has 2 heterocycles. The molecule has 0 amide bonds. The van der Waals surface area contributed by atoms with Crippen LogP contribution >= 0.6 is 11.3 Å². The molecular weight excluding hydrogens is 185 g/mol. The third-order valence-corrected chi connectivity index (χ3v) is 2.65. The number of nitrogens with zero attached hydrogens (tertiary/aromatic N) is 1. The molecule has 1 nitrogen and oxygen atoms in total. The molecule has 0 aromatic carbocycles. The highest BCUT2D eigenvalue weighted by Crippen LogP contribution is 2.22. The van der Waals surface area contributed by atoms with E-state index >= 15 is 0 Å². The largest absolute Gasteiger partial charge is 0.255 e. The number of rotatable bonds is 2. The maximum absolute atomic E-state index is 12.2. The zero-order valence-corrected chi connectivity index (χ0v) is 7.72. The first-order chi connectivity index (χ1) is 6.40. The fraction of sp³-hybridized carbons (Fsp3) is 0.100. The van der Waals surface area contributed by atoms with Crippen molar-refractivity contribution in [3.05, 3.63) is 41.4 Å². The van der Waals surface area contributed by atoms with E-state index in [1.807, 2.05) is 23.6 Å². The molecule has 13 heavy (non-hydrogen) atoms. The Kier molecular flexibility index (Phi) is 2.36. The van der Waals surface area contributed by atoms with Gasteiger partial charge in [-0.25, -0.2) is 4.39 Å². The van der Waals surface area contributed by atoms with Crippen LogP contribution in [0.2, 0.25) is 0 Å². The van der Waals surface area contributed by atoms with E-state index in [2.05, 4.69) is 4.98 Å². The number of aromatic nitrogens is 1. The molecule has 0 radical (unpaired) electrons. The Labute approximate surface area is 79.9 Å².